The van der Waals surface area contributed by atoms with E-state index in [0.29, 0.717) is 18.4 Å². The van der Waals surface area contributed by atoms with Crippen LogP contribution in [0, 0.1) is 6.92 Å². The predicted molar refractivity (Wildman–Crippen MR) is 101 cm³/mol. The number of aryl methyl sites for hydroxylation is 2. The van der Waals surface area contributed by atoms with Gasteiger partial charge in [-0.05, 0) is 30.9 Å². The summed E-state index contributed by atoms with van der Waals surface area (Å²) in [7, 11) is -3.95. The quantitative estimate of drug-likeness (QED) is 0.170. The predicted octanol–water partition coefficient (Wildman–Crippen LogP) is -3.29. The number of rotatable bonds is 8. The third-order valence-electron chi connectivity index (χ3n) is 3.55. The van der Waals surface area contributed by atoms with E-state index in [-0.39, 0.29) is 122 Å². The Hall–Kier alpha value is 0.583. The summed E-state index contributed by atoms with van der Waals surface area (Å²) in [6.45, 7) is 1.56. The summed E-state index contributed by atoms with van der Waals surface area (Å²) in [5.41, 5.74) is 2.54. The molecule has 0 spiro atoms. The first-order valence-corrected chi connectivity index (χ1v) is 10.1. The Bertz CT molecular complexity index is 853. The van der Waals surface area contributed by atoms with Crippen LogP contribution in [0.25, 0.3) is 0 Å². The Kier molecular flexibility index (Phi) is 20.8. The molecule has 0 saturated heterocycles. The van der Waals surface area contributed by atoms with Crippen molar-refractivity contribution in [1.29, 1.82) is 0 Å². The van der Waals surface area contributed by atoms with Crippen LogP contribution in [0.3, 0.4) is 0 Å². The molecule has 0 fully saturated rings. The topological polar surface area (TPSA) is 113 Å². The number of nitrogens with zero attached hydrogens (tertiary/aromatic N) is 1. The first-order chi connectivity index (χ1) is 13.4. The van der Waals surface area contributed by atoms with Crippen LogP contribution >= 0.6 is 7.60 Å². The van der Waals surface area contributed by atoms with Crippen LogP contribution < -0.4 is 108 Å². The van der Waals surface area contributed by atoms with E-state index >= 15 is 0 Å². The van der Waals surface area contributed by atoms with Crippen LogP contribution in [0.4, 0.5) is 0 Å². The van der Waals surface area contributed by atoms with E-state index in [4.69, 9.17) is 14.1 Å². The van der Waals surface area contributed by atoms with Crippen molar-refractivity contribution in [1.82, 2.24) is 0 Å². The number of hydrogen-bond acceptors (Lipinski definition) is 6. The first kappa shape index (κ1) is 32.8. The molecule has 0 saturated carbocycles. The maximum atomic E-state index is 11.8. The number of carbonyl (C=O) groups is 1. The molecule has 0 heterocycles. The zero-order valence-electron chi connectivity index (χ0n) is 17.4. The van der Waals surface area contributed by atoms with Gasteiger partial charge in [-0.1, -0.05) is 60.2 Å². The van der Waals surface area contributed by atoms with Crippen LogP contribution in [0.2, 0.25) is 0 Å². The molecule has 2 aromatic carbocycles. The summed E-state index contributed by atoms with van der Waals surface area (Å²) in [6.07, 6.45) is 3.68. The van der Waals surface area contributed by atoms with Gasteiger partial charge in [-0.2, -0.15) is 9.59 Å². The molecule has 30 heavy (non-hydrogen) atoms. The van der Waals surface area contributed by atoms with Gasteiger partial charge in [0.2, 0.25) is 0 Å². The molecular weight excluding hydrogens is 459 g/mol. The van der Waals surface area contributed by atoms with Crippen LogP contribution in [0.15, 0.2) is 59.6 Å². The molecule has 0 aliphatic carbocycles. The number of hydrogen-bond donors (Lipinski definition) is 0. The molecule has 0 N–H and O–H groups in total. The van der Waals surface area contributed by atoms with Crippen LogP contribution in [-0.2, 0) is 25.1 Å². The maximum Gasteiger partial charge on any atom is 1.00 e. The van der Waals surface area contributed by atoms with Crippen molar-refractivity contribution in [3.05, 3.63) is 71.3 Å². The zero-order chi connectivity index (χ0) is 20.8. The molecule has 0 radical (unpaired) electrons. The molecule has 0 bridgehead atoms. The minimum absolute atomic E-state index is 0. The molecule has 0 aliphatic heterocycles. The van der Waals surface area contributed by atoms with E-state index in [1.165, 1.54) is 0 Å². The summed E-state index contributed by atoms with van der Waals surface area (Å²) in [5, 5.41) is 0. The van der Waals surface area contributed by atoms with E-state index in [1.807, 2.05) is 37.3 Å². The first-order valence-electron chi connectivity index (χ1n) is 8.40. The Morgan fingerprint density at radius 2 is 1.67 bits per heavy atom. The van der Waals surface area contributed by atoms with Gasteiger partial charge in [0.15, 0.2) is 0 Å². The average molecular weight is 480 g/mol. The number of aliphatic imine (C=N–C) groups is 1. The fourth-order valence-corrected chi connectivity index (χ4v) is 3.11. The Balaban J connectivity index is 0. The zero-order valence-corrected chi connectivity index (χ0v) is 24.5. The molecule has 0 aromatic heterocycles. The van der Waals surface area contributed by atoms with Gasteiger partial charge in [-0.15, -0.1) is 6.21 Å². The molecule has 7 nitrogen and oxygen atoms in total. The van der Waals surface area contributed by atoms with Crippen molar-refractivity contribution in [2.45, 2.75) is 19.8 Å². The van der Waals surface area contributed by atoms with Gasteiger partial charge in [0, 0.05) is 12.8 Å². The molecule has 1 atom stereocenters. The van der Waals surface area contributed by atoms with E-state index < -0.39 is 13.5 Å². The number of carbonyl (C=O) groups excluding carboxylic acids is 3. The summed E-state index contributed by atoms with van der Waals surface area (Å²) < 4.78 is 16.6. The van der Waals surface area contributed by atoms with Gasteiger partial charge < -0.3 is 23.8 Å². The molecule has 0 aliphatic rings. The summed E-state index contributed by atoms with van der Waals surface area (Å²) in [5.74, 6) is -0.478. The Morgan fingerprint density at radius 3 is 2.23 bits per heavy atom. The van der Waals surface area contributed by atoms with Crippen LogP contribution in [-0.4, -0.2) is 31.0 Å². The molecule has 2 rings (SSSR count). The van der Waals surface area contributed by atoms with Gasteiger partial charge in [-0.25, -0.2) is 0 Å². The summed E-state index contributed by atoms with van der Waals surface area (Å²) in [4.78, 5) is 43.4. The molecule has 1 amide bonds. The van der Waals surface area contributed by atoms with Crippen molar-refractivity contribution < 1.29 is 131 Å². The average Bonchev–Trinajstić information content (AvgIpc) is 2.67. The minimum atomic E-state index is -3.95. The van der Waals surface area contributed by atoms with Gasteiger partial charge >= 0.3 is 109 Å². The maximum absolute atomic E-state index is 11.8. The molecule has 1 unspecified atom stereocenters. The van der Waals surface area contributed by atoms with Crippen molar-refractivity contribution in [3.63, 3.8) is 0 Å². The molecular formula is C20H20K2NO6P. The van der Waals surface area contributed by atoms with E-state index in [2.05, 4.69) is 11.2 Å². The number of benzene rings is 2. The van der Waals surface area contributed by atoms with Gasteiger partial charge in [0.05, 0.1) is 0 Å². The van der Waals surface area contributed by atoms with Crippen molar-refractivity contribution >= 4 is 25.9 Å². The normalized spacial score (nSPS) is 11.7. The molecule has 148 valence electrons. The second-order valence-corrected chi connectivity index (χ2v) is 7.65. The van der Waals surface area contributed by atoms with Gasteiger partial charge in [0.25, 0.3) is 0 Å². The van der Waals surface area contributed by atoms with E-state index in [1.54, 1.807) is 24.3 Å². The third kappa shape index (κ3) is 15.4. The van der Waals surface area contributed by atoms with E-state index in [0.717, 1.165) is 11.1 Å². The van der Waals surface area contributed by atoms with E-state index in [9.17, 15) is 14.3 Å². The largest absolute Gasteiger partial charge is 1.00 e. The fourth-order valence-electron chi connectivity index (χ4n) is 2.18. The van der Waals surface area contributed by atoms with Gasteiger partial charge in [-0.3, -0.25) is 0 Å². The summed E-state index contributed by atoms with van der Waals surface area (Å²) >= 11 is 0. The summed E-state index contributed by atoms with van der Waals surface area (Å²) in [6, 6.07) is 16.6. The Labute approximate surface area is 261 Å². The SMILES string of the molecule is Cc1ccc(C(=O)N=[C-]COP(=O)([O-])CCCc2ccccc2)cc1.O=C=O.[K+].[K+]. The monoisotopic (exact) mass is 479 g/mol. The number of amides is 1. The van der Waals surface area contributed by atoms with Crippen LogP contribution in [0.5, 0.6) is 0 Å². The van der Waals surface area contributed by atoms with Gasteiger partial charge in [0.1, 0.15) is 13.5 Å². The van der Waals surface area contributed by atoms with Crippen molar-refractivity contribution in [2.24, 2.45) is 4.99 Å². The second-order valence-electron chi connectivity index (χ2n) is 5.72. The smallest absolute Gasteiger partial charge is 0.779 e. The molecule has 10 heteroatoms. The molecule has 2 aromatic rings. The Morgan fingerprint density at radius 1 is 1.10 bits per heavy atom. The second kappa shape index (κ2) is 19.1. The van der Waals surface area contributed by atoms with Crippen molar-refractivity contribution in [2.75, 3.05) is 12.8 Å². The standard InChI is InChI=1S/C19H21NO4P.CO2.2K/c1-16-9-11-18(12-10-16)19(21)20-13-14-24-25(22,23)15-5-8-17-6-3-2-4-7-17;2-1-3;;/h2-4,6-7,9-12H,5,8,14-15H2,1H3,(H,22,23);;;/q-1;;2*+1/p-1. The third-order valence-corrected chi connectivity index (χ3v) is 4.93. The van der Waals surface area contributed by atoms with Crippen molar-refractivity contribution in [3.8, 4) is 0 Å². The fraction of sp³-hybridized carbons (Fsp3) is 0.250. The minimum Gasteiger partial charge on any atom is -0.779 e. The van der Waals surface area contributed by atoms with Crippen LogP contribution in [0.1, 0.15) is 27.9 Å².